The molecule has 0 bridgehead atoms. The van der Waals surface area contributed by atoms with E-state index in [4.69, 9.17) is 4.74 Å². The van der Waals surface area contributed by atoms with Crippen LogP contribution in [0, 0.1) is 5.82 Å². The molecule has 3 N–H and O–H groups in total. The molecule has 0 saturated heterocycles. The van der Waals surface area contributed by atoms with Crippen molar-refractivity contribution >= 4 is 16.8 Å². The number of halogens is 1. The van der Waals surface area contributed by atoms with Crippen LogP contribution in [-0.4, -0.2) is 37.7 Å². The lowest BCUT2D eigenvalue weighted by molar-refractivity contribution is 0.0950. The van der Waals surface area contributed by atoms with Crippen LogP contribution in [0.25, 0.3) is 28.0 Å². The number of hydrogen-bond acceptors (Lipinski definition) is 6. The minimum absolute atomic E-state index is 0.0748. The molecule has 1 amide bonds. The van der Waals surface area contributed by atoms with E-state index in [0.29, 0.717) is 17.4 Å². The maximum absolute atomic E-state index is 14.2. The van der Waals surface area contributed by atoms with Gasteiger partial charge in [0.25, 0.3) is 11.5 Å². The molecule has 0 aliphatic carbocycles. The van der Waals surface area contributed by atoms with Crippen molar-refractivity contribution in [3.63, 3.8) is 0 Å². The Hall–Kier alpha value is -5.06. The molecule has 0 radical (unpaired) electrons. The number of nitrogens with one attached hydrogen (secondary N) is 3. The van der Waals surface area contributed by atoms with Crippen LogP contribution in [0.5, 0.6) is 5.75 Å². The van der Waals surface area contributed by atoms with Gasteiger partial charge in [-0.2, -0.15) is 5.10 Å². The number of hydrogen-bond donors (Lipinski definition) is 3. The van der Waals surface area contributed by atoms with Gasteiger partial charge in [0.2, 0.25) is 0 Å². The summed E-state index contributed by atoms with van der Waals surface area (Å²) in [5, 5.41) is 9.79. The van der Waals surface area contributed by atoms with Crippen LogP contribution in [0.15, 0.2) is 76.3 Å². The minimum atomic E-state index is -0.817. The number of rotatable bonds is 6. The van der Waals surface area contributed by atoms with Crippen LogP contribution in [0.4, 0.5) is 4.39 Å². The summed E-state index contributed by atoms with van der Waals surface area (Å²) in [6.07, 6.45) is 0. The molecule has 5 aromatic rings. The Balaban J connectivity index is 1.35. The summed E-state index contributed by atoms with van der Waals surface area (Å²) in [4.78, 5) is 45.1. The van der Waals surface area contributed by atoms with Crippen LogP contribution >= 0.6 is 0 Å². The second-order valence-corrected chi connectivity index (χ2v) is 7.80. The largest absolute Gasteiger partial charge is 0.497 e. The van der Waals surface area contributed by atoms with Crippen LogP contribution < -0.4 is 21.3 Å². The lowest BCUT2D eigenvalue weighted by atomic mass is 10.1. The second-order valence-electron chi connectivity index (χ2n) is 7.80. The number of aromatic amines is 2. The topological polar surface area (TPSA) is 135 Å². The first-order chi connectivity index (χ1) is 17.4. The molecule has 2 aromatic heterocycles. The number of fused-ring (bicyclic) bond motifs is 1. The highest BCUT2D eigenvalue weighted by molar-refractivity contribution is 5.97. The van der Waals surface area contributed by atoms with Crippen molar-refractivity contribution in [3.8, 4) is 22.8 Å². The van der Waals surface area contributed by atoms with Crippen LogP contribution in [-0.2, 0) is 6.54 Å². The van der Waals surface area contributed by atoms with Crippen molar-refractivity contribution in [1.29, 1.82) is 0 Å². The average molecular weight is 486 g/mol. The molecule has 0 aliphatic rings. The van der Waals surface area contributed by atoms with Gasteiger partial charge in [-0.05, 0) is 54.6 Å². The SMILES string of the molecule is COc1ccc(-c2n[nH]c(CNC(=O)c3ccc4c(=O)n(-c5ccccc5F)c(=O)[nH]c4c3)n2)cc1. The van der Waals surface area contributed by atoms with Gasteiger partial charge in [-0.1, -0.05) is 12.1 Å². The zero-order valence-corrected chi connectivity index (χ0v) is 18.9. The average Bonchev–Trinajstić information content (AvgIpc) is 3.37. The number of ether oxygens (including phenoxy) is 1. The Morgan fingerprint density at radius 1 is 1.08 bits per heavy atom. The van der Waals surface area contributed by atoms with E-state index in [-0.39, 0.29) is 28.7 Å². The van der Waals surface area contributed by atoms with Gasteiger partial charge in [0.1, 0.15) is 17.4 Å². The normalized spacial score (nSPS) is 10.9. The fraction of sp³-hybridized carbons (Fsp3) is 0.0800. The first-order valence-corrected chi connectivity index (χ1v) is 10.8. The molecule has 0 spiro atoms. The molecule has 0 unspecified atom stereocenters. The van der Waals surface area contributed by atoms with Gasteiger partial charge in [-0.25, -0.2) is 18.7 Å². The highest BCUT2D eigenvalue weighted by atomic mass is 19.1. The third-order valence-electron chi connectivity index (χ3n) is 5.55. The zero-order chi connectivity index (χ0) is 25.2. The summed E-state index contributed by atoms with van der Waals surface area (Å²) in [7, 11) is 1.58. The van der Waals surface area contributed by atoms with Gasteiger partial charge in [0.05, 0.1) is 30.2 Å². The van der Waals surface area contributed by atoms with Crippen molar-refractivity contribution in [1.82, 2.24) is 30.0 Å². The molecule has 0 saturated carbocycles. The summed E-state index contributed by atoms with van der Waals surface area (Å²) in [5.41, 5.74) is -0.512. The molecule has 10 nitrogen and oxygen atoms in total. The third kappa shape index (κ3) is 4.25. The third-order valence-corrected chi connectivity index (χ3v) is 5.55. The molecule has 0 fully saturated rings. The molecule has 3 aromatic carbocycles. The maximum Gasteiger partial charge on any atom is 0.333 e. The Bertz CT molecular complexity index is 1700. The van der Waals surface area contributed by atoms with E-state index >= 15 is 0 Å². The van der Waals surface area contributed by atoms with Crippen molar-refractivity contribution in [2.75, 3.05) is 7.11 Å². The van der Waals surface area contributed by atoms with E-state index in [1.165, 1.54) is 36.4 Å². The van der Waals surface area contributed by atoms with Crippen LogP contribution in [0.1, 0.15) is 16.2 Å². The fourth-order valence-electron chi connectivity index (χ4n) is 3.72. The van der Waals surface area contributed by atoms with Crippen molar-refractivity contribution in [2.45, 2.75) is 6.54 Å². The quantitative estimate of drug-likeness (QED) is 0.338. The highest BCUT2D eigenvalue weighted by Crippen LogP contribution is 2.19. The smallest absolute Gasteiger partial charge is 0.333 e. The van der Waals surface area contributed by atoms with Gasteiger partial charge in [-0.3, -0.25) is 14.7 Å². The Morgan fingerprint density at radius 2 is 1.86 bits per heavy atom. The minimum Gasteiger partial charge on any atom is -0.497 e. The fourth-order valence-corrected chi connectivity index (χ4v) is 3.72. The van der Waals surface area contributed by atoms with E-state index in [1.807, 2.05) is 12.1 Å². The molecular formula is C25H19FN6O4. The monoisotopic (exact) mass is 486 g/mol. The van der Waals surface area contributed by atoms with E-state index in [0.717, 1.165) is 16.2 Å². The highest BCUT2D eigenvalue weighted by Gasteiger charge is 2.15. The molecule has 0 aliphatic heterocycles. The number of para-hydroxylation sites is 1. The molecule has 5 rings (SSSR count). The summed E-state index contributed by atoms with van der Waals surface area (Å²) in [6, 6.07) is 17.0. The predicted molar refractivity (Wildman–Crippen MR) is 130 cm³/mol. The summed E-state index contributed by atoms with van der Waals surface area (Å²) >= 11 is 0. The van der Waals surface area contributed by atoms with E-state index < -0.39 is 23.0 Å². The number of aromatic nitrogens is 5. The lowest BCUT2D eigenvalue weighted by Gasteiger charge is -2.08. The number of nitrogens with zero attached hydrogens (tertiary/aromatic N) is 3. The molecule has 2 heterocycles. The zero-order valence-electron chi connectivity index (χ0n) is 18.9. The number of H-pyrrole nitrogens is 2. The van der Waals surface area contributed by atoms with Crippen molar-refractivity contribution in [2.24, 2.45) is 0 Å². The van der Waals surface area contributed by atoms with Gasteiger partial charge < -0.3 is 15.0 Å². The summed E-state index contributed by atoms with van der Waals surface area (Å²) in [6.45, 7) is 0.0748. The Morgan fingerprint density at radius 3 is 2.61 bits per heavy atom. The molecular weight excluding hydrogens is 467 g/mol. The Kier molecular flexibility index (Phi) is 5.87. The van der Waals surface area contributed by atoms with Crippen LogP contribution in [0.3, 0.4) is 0 Å². The summed E-state index contributed by atoms with van der Waals surface area (Å²) in [5.74, 6) is 0.471. The molecule has 11 heteroatoms. The number of methoxy groups -OCH3 is 1. The second kappa shape index (κ2) is 9.29. The Labute approximate surface area is 202 Å². The molecule has 36 heavy (non-hydrogen) atoms. The van der Waals surface area contributed by atoms with Gasteiger partial charge >= 0.3 is 5.69 Å². The van der Waals surface area contributed by atoms with Gasteiger partial charge in [0, 0.05) is 11.1 Å². The summed E-state index contributed by atoms with van der Waals surface area (Å²) < 4.78 is 20.0. The van der Waals surface area contributed by atoms with Gasteiger partial charge in [0.15, 0.2) is 5.82 Å². The van der Waals surface area contributed by atoms with E-state index in [9.17, 15) is 18.8 Å². The number of benzene rings is 3. The molecule has 180 valence electrons. The maximum atomic E-state index is 14.2. The first-order valence-electron chi connectivity index (χ1n) is 10.8. The van der Waals surface area contributed by atoms with Crippen molar-refractivity contribution < 1.29 is 13.9 Å². The van der Waals surface area contributed by atoms with E-state index in [1.54, 1.807) is 19.2 Å². The molecule has 0 atom stereocenters. The first kappa shape index (κ1) is 22.7. The number of carbonyl (C=O) groups excluding carboxylic acids is 1. The van der Waals surface area contributed by atoms with E-state index in [2.05, 4.69) is 25.5 Å². The predicted octanol–water partition coefficient (Wildman–Crippen LogP) is 2.54. The lowest BCUT2D eigenvalue weighted by Crippen LogP contribution is -2.34. The number of amides is 1. The standard InChI is InChI=1S/C25H19FN6O4/c1-36-16-9-6-14(7-10-16)22-29-21(30-31-22)13-27-23(33)15-8-11-17-19(12-15)28-25(35)32(24(17)34)20-5-3-2-4-18(20)26/h2-12H,13H2,1H3,(H,27,33)(H,28,35)(H,29,30,31). The number of carbonyl (C=O) groups is 1. The van der Waals surface area contributed by atoms with Gasteiger partial charge in [-0.15, -0.1) is 0 Å². The van der Waals surface area contributed by atoms with Crippen LogP contribution in [0.2, 0.25) is 0 Å². The van der Waals surface area contributed by atoms with Crippen molar-refractivity contribution in [3.05, 3.63) is 105 Å².